The van der Waals surface area contributed by atoms with Crippen LogP contribution in [0.5, 0.6) is 11.5 Å². The number of thiophene rings is 1. The second-order valence-electron chi connectivity index (χ2n) is 7.09. The summed E-state index contributed by atoms with van der Waals surface area (Å²) in [5.74, 6) is 2.51. The lowest BCUT2D eigenvalue weighted by atomic mass is 9.98. The highest BCUT2D eigenvalue weighted by Crippen LogP contribution is 2.27. The molecule has 1 aliphatic heterocycles. The molecule has 1 unspecified atom stereocenters. The Kier molecular flexibility index (Phi) is 7.56. The Labute approximate surface area is 171 Å². The molecule has 7 heteroatoms. The second kappa shape index (κ2) is 10.3. The van der Waals surface area contributed by atoms with Crippen LogP contribution in [0.4, 0.5) is 0 Å². The molecule has 1 aliphatic rings. The molecule has 1 saturated heterocycles. The maximum atomic E-state index is 6.08. The molecule has 28 heavy (non-hydrogen) atoms. The summed E-state index contributed by atoms with van der Waals surface area (Å²) in [7, 11) is 3.26. The van der Waals surface area contributed by atoms with Crippen LogP contribution in [0, 0.1) is 5.92 Å². The predicted octanol–water partition coefficient (Wildman–Crippen LogP) is 3.08. The van der Waals surface area contributed by atoms with E-state index < -0.39 is 0 Å². The van der Waals surface area contributed by atoms with Crippen molar-refractivity contribution in [3.8, 4) is 11.5 Å². The third-order valence-corrected chi connectivity index (χ3v) is 5.88. The lowest BCUT2D eigenvalue weighted by Crippen LogP contribution is -2.42. The first-order valence-electron chi connectivity index (χ1n) is 9.67. The molecule has 0 spiro atoms. The molecule has 2 aromatic rings. The van der Waals surface area contributed by atoms with Crippen LogP contribution >= 0.6 is 11.3 Å². The van der Waals surface area contributed by atoms with E-state index in [0.29, 0.717) is 29.9 Å². The topological polar surface area (TPSA) is 72.1 Å². The molecule has 3 rings (SSSR count). The minimum atomic E-state index is 0.491. The lowest BCUT2D eigenvalue weighted by Gasteiger charge is -2.32. The summed E-state index contributed by atoms with van der Waals surface area (Å²) < 4.78 is 10.6. The molecule has 1 aromatic heterocycles. The van der Waals surface area contributed by atoms with Crippen molar-refractivity contribution in [1.82, 2.24) is 10.2 Å². The minimum absolute atomic E-state index is 0.491. The number of hydrogen-bond donors (Lipinski definition) is 2. The van der Waals surface area contributed by atoms with Crippen molar-refractivity contribution in [1.29, 1.82) is 0 Å². The SMILES string of the molecule is COc1ccc(CN=C(N)NCC2CCCN(Cc3cccs3)C2)cc1OC. The highest BCUT2D eigenvalue weighted by atomic mass is 32.1. The van der Waals surface area contributed by atoms with Crippen LogP contribution in [0.1, 0.15) is 23.3 Å². The fraction of sp³-hybridized carbons (Fsp3) is 0.476. The van der Waals surface area contributed by atoms with Crippen LogP contribution in [0.3, 0.4) is 0 Å². The average molecular weight is 403 g/mol. The van der Waals surface area contributed by atoms with Gasteiger partial charge in [-0.15, -0.1) is 11.3 Å². The molecule has 1 fully saturated rings. The number of nitrogens with zero attached hydrogens (tertiary/aromatic N) is 2. The van der Waals surface area contributed by atoms with Crippen molar-refractivity contribution in [2.45, 2.75) is 25.9 Å². The highest BCUT2D eigenvalue weighted by Gasteiger charge is 2.20. The van der Waals surface area contributed by atoms with E-state index >= 15 is 0 Å². The quantitative estimate of drug-likeness (QED) is 0.524. The molecular weight excluding hydrogens is 372 g/mol. The van der Waals surface area contributed by atoms with Crippen molar-refractivity contribution in [2.75, 3.05) is 33.9 Å². The van der Waals surface area contributed by atoms with Gasteiger partial charge in [-0.05, 0) is 54.4 Å². The summed E-state index contributed by atoms with van der Waals surface area (Å²) in [5.41, 5.74) is 7.11. The lowest BCUT2D eigenvalue weighted by molar-refractivity contribution is 0.169. The zero-order valence-corrected chi connectivity index (χ0v) is 17.5. The van der Waals surface area contributed by atoms with E-state index in [1.807, 2.05) is 29.5 Å². The molecule has 0 amide bonds. The van der Waals surface area contributed by atoms with E-state index in [4.69, 9.17) is 15.2 Å². The zero-order valence-electron chi connectivity index (χ0n) is 16.7. The van der Waals surface area contributed by atoms with Crippen LogP contribution in [0.25, 0.3) is 0 Å². The van der Waals surface area contributed by atoms with Gasteiger partial charge in [0.25, 0.3) is 0 Å². The standard InChI is InChI=1S/C21H30N4O2S/c1-26-19-8-7-16(11-20(19)27-2)12-23-21(22)24-13-17-5-3-9-25(14-17)15-18-6-4-10-28-18/h4,6-8,10-11,17H,3,5,9,12-15H2,1-2H3,(H3,22,23,24). The zero-order chi connectivity index (χ0) is 19.8. The van der Waals surface area contributed by atoms with Crippen molar-refractivity contribution < 1.29 is 9.47 Å². The number of nitrogens with two attached hydrogens (primary N) is 1. The monoisotopic (exact) mass is 402 g/mol. The number of nitrogens with one attached hydrogen (secondary N) is 1. The first-order valence-corrected chi connectivity index (χ1v) is 10.6. The van der Waals surface area contributed by atoms with E-state index in [-0.39, 0.29) is 0 Å². The molecule has 0 bridgehead atoms. The number of methoxy groups -OCH3 is 2. The van der Waals surface area contributed by atoms with Gasteiger partial charge in [0.15, 0.2) is 17.5 Å². The van der Waals surface area contributed by atoms with Crippen LogP contribution in [-0.4, -0.2) is 44.7 Å². The molecule has 1 aromatic carbocycles. The van der Waals surface area contributed by atoms with Crippen molar-refractivity contribution >= 4 is 17.3 Å². The number of piperidine rings is 1. The van der Waals surface area contributed by atoms with E-state index in [1.165, 1.54) is 24.3 Å². The van der Waals surface area contributed by atoms with Crippen molar-refractivity contribution in [2.24, 2.45) is 16.6 Å². The van der Waals surface area contributed by atoms with E-state index in [1.54, 1.807) is 14.2 Å². The van der Waals surface area contributed by atoms with Gasteiger partial charge in [-0.2, -0.15) is 0 Å². The molecule has 2 heterocycles. The van der Waals surface area contributed by atoms with E-state index in [9.17, 15) is 0 Å². The number of guanidine groups is 1. The van der Waals surface area contributed by atoms with Crippen LogP contribution < -0.4 is 20.5 Å². The van der Waals surface area contributed by atoms with Crippen molar-refractivity contribution in [3.05, 3.63) is 46.2 Å². The third kappa shape index (κ3) is 5.87. The molecule has 152 valence electrons. The molecule has 0 radical (unpaired) electrons. The minimum Gasteiger partial charge on any atom is -0.493 e. The first kappa shape index (κ1) is 20.5. The number of ether oxygens (including phenoxy) is 2. The smallest absolute Gasteiger partial charge is 0.188 e. The van der Waals surface area contributed by atoms with E-state index in [0.717, 1.165) is 25.2 Å². The predicted molar refractivity (Wildman–Crippen MR) is 115 cm³/mol. The van der Waals surface area contributed by atoms with Gasteiger partial charge >= 0.3 is 0 Å². The van der Waals surface area contributed by atoms with Gasteiger partial charge in [0, 0.05) is 24.5 Å². The Morgan fingerprint density at radius 3 is 2.89 bits per heavy atom. The fourth-order valence-corrected chi connectivity index (χ4v) is 4.29. The summed E-state index contributed by atoms with van der Waals surface area (Å²) in [6, 6.07) is 10.1. The van der Waals surface area contributed by atoms with Gasteiger partial charge < -0.3 is 20.5 Å². The molecule has 0 saturated carbocycles. The maximum absolute atomic E-state index is 6.08. The summed E-state index contributed by atoms with van der Waals surface area (Å²) >= 11 is 1.83. The van der Waals surface area contributed by atoms with Gasteiger partial charge in [0.2, 0.25) is 0 Å². The van der Waals surface area contributed by atoms with Crippen LogP contribution in [0.15, 0.2) is 40.7 Å². The Bertz CT molecular complexity index is 764. The largest absolute Gasteiger partial charge is 0.493 e. The number of benzene rings is 1. The summed E-state index contributed by atoms with van der Waals surface area (Å²) in [6.45, 7) is 4.71. The van der Waals surface area contributed by atoms with E-state index in [2.05, 4.69) is 32.7 Å². The van der Waals surface area contributed by atoms with Crippen molar-refractivity contribution in [3.63, 3.8) is 0 Å². The Hall–Kier alpha value is -2.25. The van der Waals surface area contributed by atoms with Gasteiger partial charge in [0.1, 0.15) is 0 Å². The maximum Gasteiger partial charge on any atom is 0.188 e. The number of hydrogen-bond acceptors (Lipinski definition) is 5. The van der Waals surface area contributed by atoms with Crippen LogP contribution in [0.2, 0.25) is 0 Å². The summed E-state index contributed by atoms with van der Waals surface area (Å²) in [5, 5.41) is 5.45. The fourth-order valence-electron chi connectivity index (χ4n) is 3.54. The summed E-state index contributed by atoms with van der Waals surface area (Å²) in [6.07, 6.45) is 2.47. The normalized spacial score (nSPS) is 18.1. The molecule has 6 nitrogen and oxygen atoms in total. The Balaban J connectivity index is 1.46. The number of likely N-dealkylation sites (tertiary alicyclic amines) is 1. The summed E-state index contributed by atoms with van der Waals surface area (Å²) in [4.78, 5) is 8.44. The second-order valence-corrected chi connectivity index (χ2v) is 8.13. The first-order chi connectivity index (χ1) is 13.7. The van der Waals surface area contributed by atoms with Gasteiger partial charge in [-0.3, -0.25) is 4.90 Å². The van der Waals surface area contributed by atoms with Gasteiger partial charge in [-0.25, -0.2) is 4.99 Å². The molecular formula is C21H30N4O2S. The van der Waals surface area contributed by atoms with Crippen LogP contribution in [-0.2, 0) is 13.1 Å². The molecule has 3 N–H and O–H groups in total. The number of rotatable bonds is 8. The molecule has 0 aliphatic carbocycles. The Morgan fingerprint density at radius 1 is 1.29 bits per heavy atom. The third-order valence-electron chi connectivity index (χ3n) is 5.01. The number of aliphatic imine (C=N–C) groups is 1. The van der Waals surface area contributed by atoms with Gasteiger partial charge in [-0.1, -0.05) is 12.1 Å². The Morgan fingerprint density at radius 2 is 2.14 bits per heavy atom. The average Bonchev–Trinajstić information content (AvgIpc) is 3.23. The highest BCUT2D eigenvalue weighted by molar-refractivity contribution is 7.09. The molecule has 1 atom stereocenters. The van der Waals surface area contributed by atoms with Gasteiger partial charge in [0.05, 0.1) is 20.8 Å².